The van der Waals surface area contributed by atoms with Gasteiger partial charge in [0.15, 0.2) is 11.6 Å². The van der Waals surface area contributed by atoms with Crippen molar-refractivity contribution in [2.24, 2.45) is 0 Å². The van der Waals surface area contributed by atoms with Crippen LogP contribution in [0.25, 0.3) is 0 Å². The Morgan fingerprint density at radius 3 is 2.79 bits per heavy atom. The third-order valence-electron chi connectivity index (χ3n) is 1.37. The molecule has 0 saturated carbocycles. The second-order valence-corrected chi connectivity index (χ2v) is 3.00. The topological polar surface area (TPSA) is 47.9 Å². The van der Waals surface area contributed by atoms with Crippen LogP contribution in [0.2, 0.25) is 0 Å². The molecule has 0 spiro atoms. The lowest BCUT2D eigenvalue weighted by Crippen LogP contribution is -1.88. The summed E-state index contributed by atoms with van der Waals surface area (Å²) in [5.74, 6) is -1.56. The van der Waals surface area contributed by atoms with E-state index in [-0.39, 0.29) is 10.9 Å². The number of hydrogen-bond donors (Lipinski definition) is 0. The van der Waals surface area contributed by atoms with Crippen LogP contribution in [0.3, 0.4) is 0 Å². The Morgan fingerprint density at radius 1 is 1.29 bits per heavy atom. The maximum absolute atomic E-state index is 13.0. The summed E-state index contributed by atoms with van der Waals surface area (Å²) in [5, 5.41) is 6.82. The van der Waals surface area contributed by atoms with Crippen molar-refractivity contribution in [2.75, 3.05) is 0 Å². The summed E-state index contributed by atoms with van der Waals surface area (Å²) >= 11 is 0.876. The van der Waals surface area contributed by atoms with Gasteiger partial charge in [-0.25, -0.2) is 8.78 Å². The highest BCUT2D eigenvalue weighted by Gasteiger charge is 2.08. The first kappa shape index (κ1) is 8.95. The summed E-state index contributed by atoms with van der Waals surface area (Å²) in [4.78, 5) is 0. The first-order valence-electron chi connectivity index (χ1n) is 3.53. The quantitative estimate of drug-likeness (QED) is 0.768. The molecule has 1 heterocycles. The molecule has 72 valence electrons. The van der Waals surface area contributed by atoms with Crippen LogP contribution in [0.1, 0.15) is 0 Å². The Balaban J connectivity index is 2.25. The molecule has 0 aliphatic carbocycles. The van der Waals surface area contributed by atoms with E-state index in [1.54, 1.807) is 0 Å². The van der Waals surface area contributed by atoms with Crippen molar-refractivity contribution in [1.82, 2.24) is 14.8 Å². The van der Waals surface area contributed by atoms with Gasteiger partial charge in [-0.05, 0) is 17.3 Å². The molecule has 0 radical (unpaired) electrons. The summed E-state index contributed by atoms with van der Waals surface area (Å²) in [7, 11) is 0. The molecule has 0 saturated heterocycles. The average Bonchev–Trinajstić information content (AvgIpc) is 2.62. The minimum Gasteiger partial charge on any atom is -0.426 e. The van der Waals surface area contributed by atoms with E-state index in [9.17, 15) is 8.78 Å². The molecule has 0 unspecified atom stereocenters. The van der Waals surface area contributed by atoms with Gasteiger partial charge in [0.05, 0.1) is 0 Å². The summed E-state index contributed by atoms with van der Waals surface area (Å²) < 4.78 is 33.9. The Kier molecular flexibility index (Phi) is 2.32. The van der Waals surface area contributed by atoms with Gasteiger partial charge in [-0.3, -0.25) is 0 Å². The molecule has 0 N–H and O–H groups in total. The van der Waals surface area contributed by atoms with Crippen LogP contribution in [-0.2, 0) is 0 Å². The van der Waals surface area contributed by atoms with Crippen LogP contribution >= 0.6 is 11.5 Å². The molecule has 1 aromatic heterocycles. The smallest absolute Gasteiger partial charge is 0.319 e. The van der Waals surface area contributed by atoms with Crippen molar-refractivity contribution in [3.05, 3.63) is 29.8 Å². The van der Waals surface area contributed by atoms with Gasteiger partial charge in [-0.2, -0.15) is 0 Å². The fourth-order valence-corrected chi connectivity index (χ4v) is 1.16. The molecule has 0 atom stereocenters. The Labute approximate surface area is 81.3 Å². The van der Waals surface area contributed by atoms with Crippen LogP contribution in [0.5, 0.6) is 10.9 Å². The lowest BCUT2D eigenvalue weighted by molar-refractivity contribution is 0.431. The molecule has 2 rings (SSSR count). The number of aromatic nitrogens is 3. The van der Waals surface area contributed by atoms with Gasteiger partial charge in [-0.1, -0.05) is 9.59 Å². The highest BCUT2D eigenvalue weighted by molar-refractivity contribution is 7.07. The minimum absolute atomic E-state index is 0.107. The second-order valence-electron chi connectivity index (χ2n) is 2.31. The van der Waals surface area contributed by atoms with Crippen LogP contribution in [-0.4, -0.2) is 14.8 Å². The SMILES string of the molecule is Fc1ccc(Oc2nnns2)c(F)c1. The molecular weight excluding hydrogens is 212 g/mol. The van der Waals surface area contributed by atoms with Gasteiger partial charge in [0.25, 0.3) is 0 Å². The fourth-order valence-electron chi connectivity index (χ4n) is 0.817. The highest BCUT2D eigenvalue weighted by atomic mass is 32.1. The molecule has 14 heavy (non-hydrogen) atoms. The largest absolute Gasteiger partial charge is 0.426 e. The van der Waals surface area contributed by atoms with Crippen molar-refractivity contribution >= 4 is 11.5 Å². The monoisotopic (exact) mass is 215 g/mol. The number of nitrogens with zero attached hydrogens (tertiary/aromatic N) is 3. The van der Waals surface area contributed by atoms with Crippen molar-refractivity contribution in [3.63, 3.8) is 0 Å². The number of hydrogen-bond acceptors (Lipinski definition) is 5. The van der Waals surface area contributed by atoms with Crippen molar-refractivity contribution < 1.29 is 13.5 Å². The first-order chi connectivity index (χ1) is 6.75. The van der Waals surface area contributed by atoms with E-state index in [4.69, 9.17) is 4.74 Å². The maximum atomic E-state index is 13.0. The molecular formula is C7H3F2N3OS. The summed E-state index contributed by atoms with van der Waals surface area (Å²) in [6.45, 7) is 0. The summed E-state index contributed by atoms with van der Waals surface area (Å²) in [6.07, 6.45) is 0. The molecule has 1 aromatic carbocycles. The van der Waals surface area contributed by atoms with Crippen LogP contribution < -0.4 is 4.74 Å². The number of benzene rings is 1. The van der Waals surface area contributed by atoms with Crippen molar-refractivity contribution in [3.8, 4) is 10.9 Å². The molecule has 7 heteroatoms. The Morgan fingerprint density at radius 2 is 2.14 bits per heavy atom. The third kappa shape index (κ3) is 1.82. The summed E-state index contributed by atoms with van der Waals surface area (Å²) in [6, 6.07) is 2.99. The number of ether oxygens (including phenoxy) is 1. The molecule has 0 aliphatic rings. The summed E-state index contributed by atoms with van der Waals surface area (Å²) in [5.41, 5.74) is 0. The number of halogens is 2. The van der Waals surface area contributed by atoms with E-state index in [0.29, 0.717) is 0 Å². The normalized spacial score (nSPS) is 10.1. The Bertz CT molecular complexity index is 435. The van der Waals surface area contributed by atoms with Gasteiger partial charge in [-0.15, -0.1) is 0 Å². The highest BCUT2D eigenvalue weighted by Crippen LogP contribution is 2.24. The van der Waals surface area contributed by atoms with Gasteiger partial charge >= 0.3 is 5.19 Å². The Hall–Kier alpha value is -1.63. The van der Waals surface area contributed by atoms with Gasteiger partial charge in [0, 0.05) is 17.6 Å². The van der Waals surface area contributed by atoms with Crippen molar-refractivity contribution in [2.45, 2.75) is 0 Å². The first-order valence-corrected chi connectivity index (χ1v) is 4.31. The molecule has 0 aliphatic heterocycles. The van der Waals surface area contributed by atoms with Gasteiger partial charge in [0.2, 0.25) is 0 Å². The molecule has 0 fully saturated rings. The third-order valence-corrected chi connectivity index (χ3v) is 1.85. The molecule has 0 bridgehead atoms. The fraction of sp³-hybridized carbons (Fsp3) is 0. The second kappa shape index (κ2) is 3.62. The molecule has 0 amide bonds. The predicted octanol–water partition coefficient (Wildman–Crippen LogP) is 2.00. The van der Waals surface area contributed by atoms with E-state index in [2.05, 4.69) is 14.8 Å². The van der Waals surface area contributed by atoms with E-state index >= 15 is 0 Å². The van der Waals surface area contributed by atoms with E-state index in [0.717, 1.165) is 23.7 Å². The van der Waals surface area contributed by atoms with E-state index < -0.39 is 11.6 Å². The van der Waals surface area contributed by atoms with Crippen LogP contribution in [0.15, 0.2) is 18.2 Å². The minimum atomic E-state index is -0.791. The van der Waals surface area contributed by atoms with E-state index in [1.807, 2.05) is 0 Å². The standard InChI is InChI=1S/C7H3F2N3OS/c8-4-1-2-6(5(9)3-4)13-7-10-11-12-14-7/h1-3H. The van der Waals surface area contributed by atoms with E-state index in [1.165, 1.54) is 6.07 Å². The zero-order valence-electron chi connectivity index (χ0n) is 6.65. The number of rotatable bonds is 2. The predicted molar refractivity (Wildman–Crippen MR) is 44.1 cm³/mol. The average molecular weight is 215 g/mol. The lowest BCUT2D eigenvalue weighted by Gasteiger charge is -2.00. The van der Waals surface area contributed by atoms with Crippen LogP contribution in [0.4, 0.5) is 8.78 Å². The van der Waals surface area contributed by atoms with Crippen LogP contribution in [0, 0.1) is 11.6 Å². The van der Waals surface area contributed by atoms with Crippen molar-refractivity contribution in [1.29, 1.82) is 0 Å². The van der Waals surface area contributed by atoms with Gasteiger partial charge < -0.3 is 4.74 Å². The zero-order chi connectivity index (χ0) is 9.97. The molecule has 4 nitrogen and oxygen atoms in total. The molecule has 2 aromatic rings. The lowest BCUT2D eigenvalue weighted by atomic mass is 10.3. The maximum Gasteiger partial charge on any atom is 0.319 e. The van der Waals surface area contributed by atoms with Gasteiger partial charge in [0.1, 0.15) is 5.82 Å². The zero-order valence-corrected chi connectivity index (χ0v) is 7.46.